The highest BCUT2D eigenvalue weighted by atomic mass is 33.1. The van der Waals surface area contributed by atoms with Gasteiger partial charge in [0.1, 0.15) is 103 Å². The summed E-state index contributed by atoms with van der Waals surface area (Å²) in [4.78, 5) is 242. The van der Waals surface area contributed by atoms with Gasteiger partial charge in [-0.25, -0.2) is 24.5 Å². The molecule has 3 heterocycles. The van der Waals surface area contributed by atoms with Gasteiger partial charge in [-0.2, -0.15) is 4.98 Å². The first-order chi connectivity index (χ1) is 69.8. The number of fused-ring (bicyclic) bond motifs is 1. The number of rotatable bonds is 67. The number of benzene rings is 2. The number of anilines is 2. The Morgan fingerprint density at radius 3 is 1.30 bits per heavy atom. The van der Waals surface area contributed by atoms with Gasteiger partial charge >= 0.3 is 31.0 Å². The molecule has 0 fully saturated rings. The number of amides is 12. The molecular formula is C87H129BN20O38S2. The molecule has 3 aromatic heterocycles. The zero-order valence-corrected chi connectivity index (χ0v) is 82.1. The number of likely N-dealkylation sites (N-methyl/N-ethyl adjacent to an activating group) is 1. The number of nitrogens with zero attached hydrogens (tertiary/aromatic N) is 5. The van der Waals surface area contributed by atoms with Crippen molar-refractivity contribution >= 4 is 146 Å². The molecule has 0 spiro atoms. The third-order valence-electron chi connectivity index (χ3n) is 21.9. The number of nitrogens with one attached hydrogen (secondary N) is 14. The van der Waals surface area contributed by atoms with Gasteiger partial charge in [-0.05, 0) is 80.7 Å². The maximum Gasteiger partial charge on any atom is 0.475 e. The van der Waals surface area contributed by atoms with Crippen LogP contribution in [0, 0.1) is 11.8 Å². The van der Waals surface area contributed by atoms with Crippen LogP contribution in [0.3, 0.4) is 0 Å². The van der Waals surface area contributed by atoms with Crippen molar-refractivity contribution in [3.05, 3.63) is 112 Å². The molecule has 61 heteroatoms. The van der Waals surface area contributed by atoms with E-state index in [0.29, 0.717) is 23.5 Å². The van der Waals surface area contributed by atoms with E-state index in [1.54, 1.807) is 24.3 Å². The van der Waals surface area contributed by atoms with Crippen LogP contribution in [0.5, 0.6) is 0 Å². The van der Waals surface area contributed by atoms with Crippen molar-refractivity contribution < 1.29 is 184 Å². The van der Waals surface area contributed by atoms with Gasteiger partial charge in [-0.3, -0.25) is 81.9 Å². The third-order valence-corrected chi connectivity index (χ3v) is 24.2. The number of aromatic amines is 1. The van der Waals surface area contributed by atoms with Crippen LogP contribution in [-0.2, 0) is 85.8 Å². The molecule has 148 heavy (non-hydrogen) atoms. The number of carboxylic acids is 4. The van der Waals surface area contributed by atoms with Crippen LogP contribution >= 0.6 is 21.6 Å². The lowest BCUT2D eigenvalue weighted by molar-refractivity contribution is -0.142. The van der Waals surface area contributed by atoms with Gasteiger partial charge in [0.15, 0.2) is 11.2 Å². The van der Waals surface area contributed by atoms with Crippen molar-refractivity contribution in [2.75, 3.05) is 63.3 Å². The summed E-state index contributed by atoms with van der Waals surface area (Å²) in [5.74, 6) is -18.9. The number of aliphatic hydroxyl groups is 15. The molecule has 37 N–H and O–H groups in total. The lowest BCUT2D eigenvalue weighted by Crippen LogP contribution is -2.58. The minimum absolute atomic E-state index is 0.0144. The fourth-order valence-corrected chi connectivity index (χ4v) is 15.3. The van der Waals surface area contributed by atoms with Crippen LogP contribution in [0.4, 0.5) is 11.6 Å². The molecule has 0 aliphatic carbocycles. The van der Waals surface area contributed by atoms with E-state index >= 15 is 0 Å². The maximum atomic E-state index is 14.2. The van der Waals surface area contributed by atoms with Crippen LogP contribution < -0.4 is 80.4 Å². The summed E-state index contributed by atoms with van der Waals surface area (Å²) >= 11 is 0. The molecule has 0 unspecified atom stereocenters. The predicted molar refractivity (Wildman–Crippen MR) is 517 cm³/mol. The van der Waals surface area contributed by atoms with Gasteiger partial charge in [0.05, 0.1) is 80.6 Å². The summed E-state index contributed by atoms with van der Waals surface area (Å²) in [5, 5.41) is 235. The van der Waals surface area contributed by atoms with Crippen molar-refractivity contribution in [1.29, 1.82) is 0 Å². The van der Waals surface area contributed by atoms with Gasteiger partial charge in [0.25, 0.3) is 17.4 Å². The molecule has 0 aliphatic rings. The predicted octanol–water partition coefficient (Wildman–Crippen LogP) is -12.3. The molecule has 5 rings (SSSR count). The average Bonchev–Trinajstić information content (AvgIpc) is 0.807. The summed E-state index contributed by atoms with van der Waals surface area (Å²) in [6.45, 7) is 0.284. The number of nitrogen functional groups attached to an aromatic ring is 1. The Kier molecular flexibility index (Phi) is 56.4. The molecule has 0 saturated heterocycles. The van der Waals surface area contributed by atoms with E-state index in [4.69, 9.17) is 21.1 Å². The number of H-pyrrole nitrogens is 1. The molecule has 0 bridgehead atoms. The maximum absolute atomic E-state index is 14.2. The second-order valence-corrected chi connectivity index (χ2v) is 36.6. The molecule has 0 aliphatic heterocycles. The van der Waals surface area contributed by atoms with Crippen molar-refractivity contribution in [2.24, 2.45) is 11.8 Å². The van der Waals surface area contributed by atoms with Gasteiger partial charge in [-0.1, -0.05) is 72.7 Å². The van der Waals surface area contributed by atoms with Gasteiger partial charge in [0.2, 0.25) is 65.0 Å². The number of aliphatic carboxylic acids is 4. The van der Waals surface area contributed by atoms with Gasteiger partial charge in [0, 0.05) is 100 Å². The van der Waals surface area contributed by atoms with Crippen LogP contribution in [0.2, 0.25) is 0 Å². The largest absolute Gasteiger partial charge is 0.481 e. The molecule has 21 atom stereocenters. The molecule has 58 nitrogen and oxygen atoms in total. The number of carbonyl (C=O) groups is 16. The molecule has 0 radical (unpaired) electrons. The monoisotopic (exact) mass is 2140 g/mol. The summed E-state index contributed by atoms with van der Waals surface area (Å²) < 4.78 is 0. The first-order valence-corrected chi connectivity index (χ1v) is 48.4. The zero-order valence-electron chi connectivity index (χ0n) is 80.4. The third kappa shape index (κ3) is 45.7. The summed E-state index contributed by atoms with van der Waals surface area (Å²) in [7, 11) is 1.71. The Balaban J connectivity index is 0.000000685. The second kappa shape index (κ2) is 65.6. The van der Waals surface area contributed by atoms with Crippen LogP contribution in [0.15, 0.2) is 78.0 Å². The van der Waals surface area contributed by atoms with E-state index in [0.717, 1.165) is 23.4 Å². The van der Waals surface area contributed by atoms with E-state index in [-0.39, 0.29) is 71.6 Å². The van der Waals surface area contributed by atoms with E-state index in [2.05, 4.69) is 99.0 Å². The van der Waals surface area contributed by atoms with Crippen LogP contribution in [-0.4, -0.2) is 413 Å². The number of hydrogen-bond acceptors (Lipinski definition) is 43. The lowest BCUT2D eigenvalue weighted by atomic mass is 9.75. The van der Waals surface area contributed by atoms with E-state index < -0.39 is 339 Å². The number of nitrogens with two attached hydrogens (primary N) is 1. The Labute approximate surface area is 851 Å². The van der Waals surface area contributed by atoms with Crippen molar-refractivity contribution in [3.63, 3.8) is 0 Å². The topological polar surface area (TPSA) is 978 Å². The van der Waals surface area contributed by atoms with Crippen LogP contribution in [0.25, 0.3) is 11.2 Å². The van der Waals surface area contributed by atoms with Crippen LogP contribution in [0.1, 0.15) is 142 Å². The van der Waals surface area contributed by atoms with Gasteiger partial charge < -0.3 is 182 Å². The standard InChI is InChI=1S/C52H76N14O25.C35H53BN6O13S2/c1-54-46(85)25(9-14-37(76)77)61-48(87)27(7-12-35(74)57-19-31(70)41(81)43(83)33(72)21-68)62-49(88)28(10-15-38(78)79)63-47(86)26(6-11-34(73)56-18-30(69)40(80)42(82)32(71)20-67)60-36(75)13-8-29(51(90)91)64-45(84)22-2-4-23(5-3-22)55-16-24-17-58-44-39(59-24)50(89)66-52(53)65-44;1-19(2)11-28(36(54)55)42-33(50)23(12-21-7-5-4-6-8-21)40-34(51)24-14-37-22(13-38-24)17-56-57-18-25(35(52)53)41-32(49)20(3)9-10-29(46)39-15-26(44)30(47)31(48)27(45)16-43/h2-5,17,25-33,40-43,55,67-72,80-83H,6-16,18-21H2,1H3,(H,54,85)(H,56,73)(H,57,74)(H,60,75)(H,61,87)(H,62,88)(H,63,86)(H,64,84)(H,76,77)(H,78,79)(H,90,91)(H3,53,58,65,66,89);4-8,13-14,19-20,23,25-28,30-31,43-45,47-48,54-55H,9-12,15-18H2,1-3H3,(H,39,46)(H,40,51)(H,41,49)(H,42,50)(H,52,53)/t25-,26-,27-,28-,29-,30-,31-,32+,33+,40+,41+,42+,43+;20-,23-,25-,26-,27+,28-,30+,31+/m00/s1. The molecular weight excluding hydrogens is 2010 g/mol. The normalized spacial score (nSPS) is 15.6. The van der Waals surface area contributed by atoms with E-state index in [1.807, 2.05) is 19.9 Å². The Morgan fingerprint density at radius 1 is 0.432 bits per heavy atom. The smallest absolute Gasteiger partial charge is 0.475 e. The fourth-order valence-electron chi connectivity index (χ4n) is 13.2. The van der Waals surface area contributed by atoms with Crippen molar-refractivity contribution in [2.45, 2.75) is 244 Å². The summed E-state index contributed by atoms with van der Waals surface area (Å²) in [6.07, 6.45) is -26.3. The quantitative estimate of drug-likeness (QED) is 0.00976. The Hall–Kier alpha value is -13.1. The van der Waals surface area contributed by atoms with Gasteiger partial charge in [-0.15, -0.1) is 0 Å². The number of hydrogen-bond donors (Lipinski definition) is 36. The highest BCUT2D eigenvalue weighted by molar-refractivity contribution is 8.76. The fraction of sp³-hybridized carbons (Fsp3) is 0.563. The number of carboxylic acid groups (broad SMARTS) is 4. The average molecular weight is 2140 g/mol. The molecule has 2 aromatic carbocycles. The van der Waals surface area contributed by atoms with Crippen molar-refractivity contribution in [1.82, 2.24) is 93.7 Å². The molecule has 12 amide bonds. The minimum Gasteiger partial charge on any atom is -0.481 e. The highest BCUT2D eigenvalue weighted by Crippen LogP contribution is 2.27. The van der Waals surface area contributed by atoms with E-state index in [9.17, 15) is 173 Å². The zero-order chi connectivity index (χ0) is 111. The summed E-state index contributed by atoms with van der Waals surface area (Å²) in [6, 6.07) is 2.96. The first kappa shape index (κ1) is 127. The summed E-state index contributed by atoms with van der Waals surface area (Å²) in [5.41, 5.74) is 6.72. The van der Waals surface area contributed by atoms with Crippen molar-refractivity contribution in [3.8, 4) is 0 Å². The molecule has 820 valence electrons. The number of aromatic nitrogens is 6. The Morgan fingerprint density at radius 2 is 0.858 bits per heavy atom. The molecule has 5 aromatic rings. The number of carbonyl (C=O) groups excluding carboxylic acids is 12. The minimum atomic E-state index is -2.12. The van der Waals surface area contributed by atoms with E-state index in [1.165, 1.54) is 60.6 Å². The molecule has 0 saturated carbocycles. The second-order valence-electron chi connectivity index (χ2n) is 34.1. The first-order valence-electron chi connectivity index (χ1n) is 46.0. The highest BCUT2D eigenvalue weighted by Gasteiger charge is 2.39. The SMILES string of the molecule is CC(C)C[C@H](NC(=O)[C@H](Cc1ccccc1)NC(=O)c1cnc(CSSC[C@H](NC(=O)[C@@H](C)CCC(=O)NC[C@H](O)[C@@H](O)[C@H](O)[C@H](O)CO)C(=O)O)cn1)B(O)O.CNC(=O)[C@H](CCC(=O)O)NC(=O)[C@H](CCC(=O)NC[C@H](O)[C@@H](O)[C@H](O)[C@H](O)CO)NC(=O)[C@H](CCC(=O)O)NC(=O)[C@H](CCC(=O)NC[C@H](O)[C@@H](O)[C@H](O)[C@H](O)CO)NC(=O)CC[C@H](NC(=O)c1ccc(NCc2cnc3nc(N)[nH]c(=O)c3n2)cc1)C(=O)O. The lowest BCUT2D eigenvalue weighted by Gasteiger charge is -2.27. The Bertz CT molecular complexity index is 5220. The number of aliphatic hydroxyl groups excluding tert-OH is 15.